The first-order chi connectivity index (χ1) is 17.8. The van der Waals surface area contributed by atoms with Gasteiger partial charge in [0.1, 0.15) is 5.82 Å². The first-order valence-corrected chi connectivity index (χ1v) is 16.6. The molecule has 1 atom stereocenters. The molecule has 3 rings (SSSR count). The molecule has 1 aromatic heterocycles. The van der Waals surface area contributed by atoms with Crippen molar-refractivity contribution >= 4 is 0 Å². The zero-order valence-corrected chi connectivity index (χ0v) is 24.3. The third-order valence-corrected chi connectivity index (χ3v) is 9.71. The van der Waals surface area contributed by atoms with Crippen molar-refractivity contribution in [3.63, 3.8) is 0 Å². The predicted molar refractivity (Wildman–Crippen MR) is 156 cm³/mol. The van der Waals surface area contributed by atoms with Crippen molar-refractivity contribution in [1.29, 1.82) is 0 Å². The normalized spacial score (nSPS) is 22.1. The minimum atomic E-state index is 0.824. The molecule has 0 aliphatic heterocycles. The lowest BCUT2D eigenvalue weighted by molar-refractivity contribution is 0.121. The first kappa shape index (κ1) is 29.6. The van der Waals surface area contributed by atoms with E-state index in [-0.39, 0.29) is 0 Å². The van der Waals surface area contributed by atoms with Crippen LogP contribution in [0.4, 0.5) is 0 Å². The van der Waals surface area contributed by atoms with Crippen LogP contribution in [0, 0.1) is 23.7 Å². The van der Waals surface area contributed by atoms with E-state index in [2.05, 4.69) is 26.2 Å². The molecule has 2 heteroatoms. The Hall–Kier alpha value is -0.920. The second-order valence-corrected chi connectivity index (χ2v) is 12.6. The Morgan fingerprint density at radius 1 is 0.639 bits per heavy atom. The van der Waals surface area contributed by atoms with Crippen LogP contribution >= 0.6 is 0 Å². The van der Waals surface area contributed by atoms with Crippen molar-refractivity contribution in [2.75, 3.05) is 0 Å². The summed E-state index contributed by atoms with van der Waals surface area (Å²) in [7, 11) is 0. The van der Waals surface area contributed by atoms with Crippen LogP contribution in [-0.2, 0) is 12.8 Å². The van der Waals surface area contributed by atoms with Crippen molar-refractivity contribution in [3.8, 4) is 0 Å². The van der Waals surface area contributed by atoms with Gasteiger partial charge >= 0.3 is 0 Å². The van der Waals surface area contributed by atoms with Crippen LogP contribution in [0.3, 0.4) is 0 Å². The van der Waals surface area contributed by atoms with Crippen LogP contribution in [0.5, 0.6) is 0 Å². The van der Waals surface area contributed by atoms with E-state index in [0.29, 0.717) is 0 Å². The molecule has 2 aliphatic carbocycles. The Balaban J connectivity index is 1.44. The standard InChI is InChI=1S/C34H60N2/c1-3-5-7-9-10-12-15-19-30-27-35-34(36-28-30)26-33(31-20-16-13-17-21-31)32-24-22-29(23-25-32)18-14-11-8-6-4-2/h27-29,31-33H,3-26H2,1-2H3. The molecular formula is C34H60N2. The average molecular weight is 497 g/mol. The Morgan fingerprint density at radius 3 is 1.83 bits per heavy atom. The van der Waals surface area contributed by atoms with Crippen LogP contribution in [0.2, 0.25) is 0 Å². The summed E-state index contributed by atoms with van der Waals surface area (Å²) < 4.78 is 0. The van der Waals surface area contributed by atoms with Crippen molar-refractivity contribution in [2.45, 2.75) is 168 Å². The second-order valence-electron chi connectivity index (χ2n) is 12.6. The fraction of sp³-hybridized carbons (Fsp3) is 0.882. The molecule has 0 amide bonds. The van der Waals surface area contributed by atoms with Gasteiger partial charge in [0.15, 0.2) is 0 Å². The lowest BCUT2D eigenvalue weighted by atomic mass is 9.66. The Labute approximate surface area is 225 Å². The molecule has 0 saturated heterocycles. The number of rotatable bonds is 18. The lowest BCUT2D eigenvalue weighted by Crippen LogP contribution is -2.31. The van der Waals surface area contributed by atoms with E-state index in [1.54, 1.807) is 0 Å². The third kappa shape index (κ3) is 11.2. The molecule has 0 radical (unpaired) electrons. The molecule has 2 saturated carbocycles. The molecule has 206 valence electrons. The van der Waals surface area contributed by atoms with Gasteiger partial charge in [0.2, 0.25) is 0 Å². The maximum Gasteiger partial charge on any atom is 0.128 e. The molecule has 2 fully saturated rings. The topological polar surface area (TPSA) is 25.8 Å². The summed E-state index contributed by atoms with van der Waals surface area (Å²) in [5.41, 5.74) is 1.35. The number of hydrogen-bond donors (Lipinski definition) is 0. The van der Waals surface area contributed by atoms with Gasteiger partial charge in [-0.25, -0.2) is 9.97 Å². The van der Waals surface area contributed by atoms with Crippen molar-refractivity contribution < 1.29 is 0 Å². The summed E-state index contributed by atoms with van der Waals surface area (Å²) in [6.07, 6.45) is 38.1. The van der Waals surface area contributed by atoms with Gasteiger partial charge in [0.05, 0.1) is 0 Å². The SMILES string of the molecule is CCCCCCCCCc1cnc(CC(C2CCCCC2)C2CCC(CCCCCCC)CC2)nc1. The zero-order valence-electron chi connectivity index (χ0n) is 24.3. The zero-order chi connectivity index (χ0) is 25.3. The summed E-state index contributed by atoms with van der Waals surface area (Å²) in [5, 5.41) is 0. The fourth-order valence-electron chi connectivity index (χ4n) is 7.34. The highest BCUT2D eigenvalue weighted by Gasteiger charge is 2.33. The van der Waals surface area contributed by atoms with Gasteiger partial charge in [-0.3, -0.25) is 0 Å². The van der Waals surface area contributed by atoms with E-state index in [1.165, 1.54) is 147 Å². The van der Waals surface area contributed by atoms with E-state index in [9.17, 15) is 0 Å². The summed E-state index contributed by atoms with van der Waals surface area (Å²) in [4.78, 5) is 9.83. The highest BCUT2D eigenvalue weighted by molar-refractivity contribution is 5.06. The van der Waals surface area contributed by atoms with Crippen molar-refractivity contribution in [2.24, 2.45) is 23.7 Å². The Kier molecular flexibility index (Phi) is 15.1. The molecule has 36 heavy (non-hydrogen) atoms. The number of nitrogens with zero attached hydrogens (tertiary/aromatic N) is 2. The Bertz CT molecular complexity index is 640. The van der Waals surface area contributed by atoms with Crippen LogP contribution in [-0.4, -0.2) is 9.97 Å². The number of unbranched alkanes of at least 4 members (excludes halogenated alkanes) is 10. The molecule has 0 aromatic carbocycles. The Morgan fingerprint density at radius 2 is 1.19 bits per heavy atom. The van der Waals surface area contributed by atoms with E-state index in [4.69, 9.17) is 9.97 Å². The maximum absolute atomic E-state index is 4.92. The van der Waals surface area contributed by atoms with Gasteiger partial charge in [0.25, 0.3) is 0 Å². The molecule has 1 unspecified atom stereocenters. The van der Waals surface area contributed by atoms with Crippen LogP contribution in [0.1, 0.15) is 166 Å². The van der Waals surface area contributed by atoms with Gasteiger partial charge in [-0.2, -0.15) is 0 Å². The minimum Gasteiger partial charge on any atom is -0.241 e. The molecule has 2 nitrogen and oxygen atoms in total. The minimum absolute atomic E-state index is 0.824. The number of aromatic nitrogens is 2. The summed E-state index contributed by atoms with van der Waals surface area (Å²) >= 11 is 0. The van der Waals surface area contributed by atoms with Crippen LogP contribution in [0.15, 0.2) is 12.4 Å². The molecule has 0 bridgehead atoms. The molecule has 1 aromatic rings. The van der Waals surface area contributed by atoms with Gasteiger partial charge in [-0.1, -0.05) is 136 Å². The molecular weight excluding hydrogens is 436 g/mol. The van der Waals surface area contributed by atoms with Gasteiger partial charge in [-0.05, 0) is 54.9 Å². The first-order valence-electron chi connectivity index (χ1n) is 16.6. The summed E-state index contributed by atoms with van der Waals surface area (Å²) in [6, 6.07) is 0. The molecule has 0 N–H and O–H groups in total. The molecule has 0 spiro atoms. The lowest BCUT2D eigenvalue weighted by Gasteiger charge is -2.39. The summed E-state index contributed by atoms with van der Waals surface area (Å²) in [6.45, 7) is 4.61. The third-order valence-electron chi connectivity index (χ3n) is 9.71. The maximum atomic E-state index is 4.92. The number of hydrogen-bond acceptors (Lipinski definition) is 2. The quantitative estimate of drug-likeness (QED) is 0.189. The van der Waals surface area contributed by atoms with E-state index >= 15 is 0 Å². The van der Waals surface area contributed by atoms with Crippen molar-refractivity contribution in [1.82, 2.24) is 9.97 Å². The predicted octanol–water partition coefficient (Wildman–Crippen LogP) is 10.7. The van der Waals surface area contributed by atoms with Crippen LogP contribution < -0.4 is 0 Å². The highest BCUT2D eigenvalue weighted by atomic mass is 14.9. The largest absolute Gasteiger partial charge is 0.241 e. The van der Waals surface area contributed by atoms with Gasteiger partial charge in [0, 0.05) is 18.8 Å². The summed E-state index contributed by atoms with van der Waals surface area (Å²) in [5.74, 6) is 4.81. The highest BCUT2D eigenvalue weighted by Crippen LogP contribution is 2.43. The molecule has 1 heterocycles. The van der Waals surface area contributed by atoms with E-state index in [1.807, 2.05) is 0 Å². The van der Waals surface area contributed by atoms with E-state index < -0.39 is 0 Å². The smallest absolute Gasteiger partial charge is 0.128 e. The fourth-order valence-corrected chi connectivity index (χ4v) is 7.34. The average Bonchev–Trinajstić information content (AvgIpc) is 2.93. The van der Waals surface area contributed by atoms with Gasteiger partial charge in [-0.15, -0.1) is 0 Å². The van der Waals surface area contributed by atoms with Gasteiger partial charge < -0.3 is 0 Å². The van der Waals surface area contributed by atoms with Crippen LogP contribution in [0.25, 0.3) is 0 Å². The van der Waals surface area contributed by atoms with E-state index in [0.717, 1.165) is 42.3 Å². The monoisotopic (exact) mass is 496 g/mol. The molecule has 2 aliphatic rings. The van der Waals surface area contributed by atoms with Crippen molar-refractivity contribution in [3.05, 3.63) is 23.8 Å². The second kappa shape index (κ2) is 18.4. The number of aryl methyl sites for hydroxylation is 1.